The number of fused-ring (bicyclic) bond motifs is 1. The summed E-state index contributed by atoms with van der Waals surface area (Å²) in [4.78, 5) is 16.0. The summed E-state index contributed by atoms with van der Waals surface area (Å²) >= 11 is 1.49. The van der Waals surface area contributed by atoms with E-state index in [2.05, 4.69) is 4.98 Å². The molecule has 0 saturated heterocycles. The molecule has 0 N–H and O–H groups in total. The molecule has 18 heavy (non-hydrogen) atoms. The van der Waals surface area contributed by atoms with Crippen LogP contribution in [0.1, 0.15) is 18.9 Å². The summed E-state index contributed by atoms with van der Waals surface area (Å²) in [5.41, 5.74) is -0.218. The molecule has 0 aliphatic rings. The van der Waals surface area contributed by atoms with Crippen LogP contribution in [0.5, 0.6) is 0 Å². The number of rotatable bonds is 3. The molecular weight excluding hydrogens is 248 g/mol. The quantitative estimate of drug-likeness (QED) is 0.796. The summed E-state index contributed by atoms with van der Waals surface area (Å²) in [6.45, 7) is 3.19. The maximum atomic E-state index is 11.6. The van der Waals surface area contributed by atoms with Crippen LogP contribution in [-0.2, 0) is 16.1 Å². The van der Waals surface area contributed by atoms with Crippen molar-refractivity contribution in [1.29, 1.82) is 5.26 Å². The molecular formula is C13H12N2O2S. The molecule has 0 spiro atoms. The van der Waals surface area contributed by atoms with Crippen LogP contribution in [0.4, 0.5) is 0 Å². The molecule has 0 aliphatic heterocycles. The van der Waals surface area contributed by atoms with Crippen molar-refractivity contribution in [2.45, 2.75) is 20.5 Å². The number of esters is 1. The zero-order chi connectivity index (χ0) is 13.2. The summed E-state index contributed by atoms with van der Waals surface area (Å²) < 4.78 is 6.16. The van der Waals surface area contributed by atoms with Crippen LogP contribution in [0.15, 0.2) is 24.3 Å². The van der Waals surface area contributed by atoms with E-state index in [4.69, 9.17) is 10.00 Å². The lowest BCUT2D eigenvalue weighted by Gasteiger charge is -2.12. The monoisotopic (exact) mass is 260 g/mol. The second-order valence-electron chi connectivity index (χ2n) is 4.39. The average Bonchev–Trinajstić information content (AvgIpc) is 2.78. The highest BCUT2D eigenvalue weighted by molar-refractivity contribution is 7.18. The number of nitrogens with zero attached hydrogens (tertiary/aromatic N) is 2. The molecule has 0 aliphatic carbocycles. The van der Waals surface area contributed by atoms with E-state index >= 15 is 0 Å². The van der Waals surface area contributed by atoms with Gasteiger partial charge in [0, 0.05) is 0 Å². The van der Waals surface area contributed by atoms with Crippen molar-refractivity contribution in [3.63, 3.8) is 0 Å². The van der Waals surface area contributed by atoms with Gasteiger partial charge in [0.1, 0.15) is 17.0 Å². The number of carbonyl (C=O) groups is 1. The molecule has 2 rings (SSSR count). The zero-order valence-corrected chi connectivity index (χ0v) is 11.0. The van der Waals surface area contributed by atoms with E-state index < -0.39 is 11.4 Å². The number of hydrogen-bond acceptors (Lipinski definition) is 5. The SMILES string of the molecule is CC(C)(C#N)C(=O)OCc1nc2ccccc2s1. The molecule has 0 saturated carbocycles. The van der Waals surface area contributed by atoms with Crippen molar-refractivity contribution in [2.75, 3.05) is 0 Å². The molecule has 0 atom stereocenters. The van der Waals surface area contributed by atoms with E-state index in [0.717, 1.165) is 15.2 Å². The van der Waals surface area contributed by atoms with Crippen LogP contribution in [-0.4, -0.2) is 11.0 Å². The lowest BCUT2D eigenvalue weighted by atomic mass is 9.96. The minimum atomic E-state index is -1.11. The normalized spacial score (nSPS) is 11.2. The lowest BCUT2D eigenvalue weighted by molar-refractivity contribution is -0.152. The van der Waals surface area contributed by atoms with E-state index in [1.54, 1.807) is 0 Å². The van der Waals surface area contributed by atoms with E-state index in [9.17, 15) is 4.79 Å². The van der Waals surface area contributed by atoms with Crippen LogP contribution < -0.4 is 0 Å². The number of hydrogen-bond donors (Lipinski definition) is 0. The topological polar surface area (TPSA) is 63.0 Å². The first-order valence-corrected chi connectivity index (χ1v) is 6.27. The highest BCUT2D eigenvalue weighted by Crippen LogP contribution is 2.23. The van der Waals surface area contributed by atoms with Gasteiger partial charge in [-0.25, -0.2) is 4.98 Å². The summed E-state index contributed by atoms with van der Waals surface area (Å²) in [5.74, 6) is -0.524. The molecule has 0 radical (unpaired) electrons. The number of carbonyl (C=O) groups excluding carboxylic acids is 1. The zero-order valence-electron chi connectivity index (χ0n) is 10.1. The van der Waals surface area contributed by atoms with Crippen LogP contribution in [0.25, 0.3) is 10.2 Å². The molecule has 1 aromatic carbocycles. The number of para-hydroxylation sites is 1. The largest absolute Gasteiger partial charge is 0.457 e. The summed E-state index contributed by atoms with van der Waals surface area (Å²) in [6.07, 6.45) is 0. The first-order chi connectivity index (χ1) is 8.53. The Bertz CT molecular complexity index is 592. The van der Waals surface area contributed by atoms with Gasteiger partial charge in [-0.3, -0.25) is 4.79 Å². The summed E-state index contributed by atoms with van der Waals surface area (Å²) in [6, 6.07) is 9.65. The molecule has 0 bridgehead atoms. The fourth-order valence-corrected chi connectivity index (χ4v) is 2.22. The number of thiazole rings is 1. The number of nitriles is 1. The molecule has 0 amide bonds. The highest BCUT2D eigenvalue weighted by Gasteiger charge is 2.29. The van der Waals surface area contributed by atoms with Crippen molar-refractivity contribution in [2.24, 2.45) is 5.41 Å². The molecule has 92 valence electrons. The molecule has 4 nitrogen and oxygen atoms in total. The average molecular weight is 260 g/mol. The molecule has 5 heteroatoms. The Labute approximate surface area is 109 Å². The van der Waals surface area contributed by atoms with Gasteiger partial charge in [0.05, 0.1) is 16.3 Å². The highest BCUT2D eigenvalue weighted by atomic mass is 32.1. The van der Waals surface area contributed by atoms with Crippen molar-refractivity contribution >= 4 is 27.5 Å². The Hall–Kier alpha value is -1.93. The van der Waals surface area contributed by atoms with Gasteiger partial charge in [-0.1, -0.05) is 12.1 Å². The van der Waals surface area contributed by atoms with Crippen molar-refractivity contribution in [3.8, 4) is 6.07 Å². The predicted octanol–water partition coefficient (Wildman–Crippen LogP) is 2.89. The Kier molecular flexibility index (Phi) is 3.30. The van der Waals surface area contributed by atoms with Gasteiger partial charge in [0.15, 0.2) is 0 Å². The Morgan fingerprint density at radius 2 is 2.22 bits per heavy atom. The van der Waals surface area contributed by atoms with Crippen LogP contribution >= 0.6 is 11.3 Å². The van der Waals surface area contributed by atoms with E-state index in [0.29, 0.717) is 0 Å². The standard InChI is InChI=1S/C13H12N2O2S/c1-13(2,8-14)12(16)17-7-11-15-9-5-3-4-6-10(9)18-11/h3-6H,7H2,1-2H3. The van der Waals surface area contributed by atoms with Gasteiger partial charge >= 0.3 is 5.97 Å². The number of benzene rings is 1. The maximum absolute atomic E-state index is 11.6. The second kappa shape index (κ2) is 4.75. The van der Waals surface area contributed by atoms with Crippen LogP contribution in [0.2, 0.25) is 0 Å². The van der Waals surface area contributed by atoms with Gasteiger partial charge in [-0.2, -0.15) is 5.26 Å². The maximum Gasteiger partial charge on any atom is 0.326 e. The van der Waals surface area contributed by atoms with E-state index in [1.165, 1.54) is 25.2 Å². The second-order valence-corrected chi connectivity index (χ2v) is 5.50. The van der Waals surface area contributed by atoms with Gasteiger partial charge in [0.2, 0.25) is 0 Å². The molecule has 0 unspecified atom stereocenters. The minimum Gasteiger partial charge on any atom is -0.457 e. The lowest BCUT2D eigenvalue weighted by Crippen LogP contribution is -2.24. The summed E-state index contributed by atoms with van der Waals surface area (Å²) in [7, 11) is 0. The minimum absolute atomic E-state index is 0.114. The van der Waals surface area contributed by atoms with Gasteiger partial charge in [-0.15, -0.1) is 11.3 Å². The van der Waals surface area contributed by atoms with Crippen molar-refractivity contribution in [3.05, 3.63) is 29.3 Å². The smallest absolute Gasteiger partial charge is 0.326 e. The third-order valence-corrected chi connectivity index (χ3v) is 3.46. The third kappa shape index (κ3) is 2.49. The Morgan fingerprint density at radius 1 is 1.50 bits per heavy atom. The first-order valence-electron chi connectivity index (χ1n) is 5.46. The molecule has 1 aromatic heterocycles. The van der Waals surface area contributed by atoms with E-state index in [1.807, 2.05) is 30.3 Å². The fourth-order valence-electron chi connectivity index (χ4n) is 1.34. The number of aromatic nitrogens is 1. The molecule has 0 fully saturated rings. The van der Waals surface area contributed by atoms with Gasteiger partial charge in [0.25, 0.3) is 0 Å². The predicted molar refractivity (Wildman–Crippen MR) is 68.8 cm³/mol. The van der Waals surface area contributed by atoms with Gasteiger partial charge < -0.3 is 4.74 Å². The Balaban J connectivity index is 2.07. The van der Waals surface area contributed by atoms with Crippen molar-refractivity contribution < 1.29 is 9.53 Å². The van der Waals surface area contributed by atoms with E-state index in [-0.39, 0.29) is 6.61 Å². The first kappa shape index (κ1) is 12.5. The molecule has 2 aromatic rings. The van der Waals surface area contributed by atoms with Gasteiger partial charge in [-0.05, 0) is 26.0 Å². The van der Waals surface area contributed by atoms with Crippen LogP contribution in [0, 0.1) is 16.7 Å². The fraction of sp³-hybridized carbons (Fsp3) is 0.308. The molecule has 1 heterocycles. The van der Waals surface area contributed by atoms with Crippen LogP contribution in [0.3, 0.4) is 0 Å². The third-order valence-electron chi connectivity index (χ3n) is 2.45. The summed E-state index contributed by atoms with van der Waals surface area (Å²) in [5, 5.41) is 9.55. The number of ether oxygens (including phenoxy) is 1. The Morgan fingerprint density at radius 3 is 2.89 bits per heavy atom. The van der Waals surface area contributed by atoms with Crippen molar-refractivity contribution in [1.82, 2.24) is 4.98 Å².